The lowest BCUT2D eigenvalue weighted by atomic mass is 10.3. The van der Waals surface area contributed by atoms with Gasteiger partial charge in [-0.1, -0.05) is 6.92 Å². The van der Waals surface area contributed by atoms with Gasteiger partial charge in [-0.05, 0) is 19.3 Å². The second kappa shape index (κ2) is 6.80. The molecule has 1 aliphatic heterocycles. The summed E-state index contributed by atoms with van der Waals surface area (Å²) in [7, 11) is 0. The molecule has 0 aliphatic carbocycles. The van der Waals surface area contributed by atoms with E-state index in [1.807, 2.05) is 6.92 Å². The van der Waals surface area contributed by atoms with Crippen LogP contribution in [0.15, 0.2) is 11.4 Å². The molecule has 1 fully saturated rings. The number of hydrogen-bond acceptors (Lipinski definition) is 6. The summed E-state index contributed by atoms with van der Waals surface area (Å²) in [6, 6.07) is 0. The molecule has 1 unspecified atom stereocenters. The molecule has 1 aliphatic rings. The third-order valence-electron chi connectivity index (χ3n) is 2.68. The van der Waals surface area contributed by atoms with Crippen LogP contribution >= 0.6 is 11.8 Å². The fraction of sp³-hybridized carbons (Fsp3) is 0.667. The summed E-state index contributed by atoms with van der Waals surface area (Å²) in [5.41, 5.74) is 6.53. The molecule has 0 radical (unpaired) electrons. The summed E-state index contributed by atoms with van der Waals surface area (Å²) in [5.74, 6) is 1.37. The summed E-state index contributed by atoms with van der Waals surface area (Å²) < 4.78 is 11.1. The van der Waals surface area contributed by atoms with Crippen molar-refractivity contribution in [2.24, 2.45) is 0 Å². The standard InChI is InChI=1S/C12H19N3O2S/c1-2-5-17-11-10(13)12(15-8-14-11)18-7-9-4-3-6-16-9/h8-9H,2-7,13H2,1H3. The molecule has 100 valence electrons. The molecular formula is C12H19N3O2S. The van der Waals surface area contributed by atoms with Crippen LogP contribution in [0.5, 0.6) is 5.88 Å². The van der Waals surface area contributed by atoms with Crippen LogP contribution in [-0.4, -0.2) is 35.0 Å². The molecule has 5 nitrogen and oxygen atoms in total. The Hall–Kier alpha value is -1.01. The van der Waals surface area contributed by atoms with Gasteiger partial charge in [0.1, 0.15) is 17.0 Å². The zero-order valence-electron chi connectivity index (χ0n) is 10.6. The number of nitrogen functional groups attached to an aromatic ring is 1. The number of anilines is 1. The molecule has 0 saturated carbocycles. The fourth-order valence-corrected chi connectivity index (χ4v) is 2.71. The van der Waals surface area contributed by atoms with Crippen molar-refractivity contribution in [1.82, 2.24) is 9.97 Å². The first-order valence-electron chi connectivity index (χ1n) is 6.29. The van der Waals surface area contributed by atoms with Gasteiger partial charge in [0, 0.05) is 12.4 Å². The maximum Gasteiger partial charge on any atom is 0.241 e. The Kier molecular flexibility index (Phi) is 5.07. The van der Waals surface area contributed by atoms with Gasteiger partial charge < -0.3 is 15.2 Å². The van der Waals surface area contributed by atoms with Crippen molar-refractivity contribution in [3.63, 3.8) is 0 Å². The average Bonchev–Trinajstić information content (AvgIpc) is 2.89. The van der Waals surface area contributed by atoms with Gasteiger partial charge in [0.2, 0.25) is 5.88 Å². The van der Waals surface area contributed by atoms with E-state index in [2.05, 4.69) is 9.97 Å². The molecule has 1 aromatic rings. The van der Waals surface area contributed by atoms with Crippen LogP contribution in [0.1, 0.15) is 26.2 Å². The zero-order valence-corrected chi connectivity index (χ0v) is 11.4. The molecule has 1 aromatic heterocycles. The molecule has 2 N–H and O–H groups in total. The smallest absolute Gasteiger partial charge is 0.241 e. The van der Waals surface area contributed by atoms with Gasteiger partial charge in [0.15, 0.2) is 0 Å². The molecule has 1 atom stereocenters. The first-order valence-corrected chi connectivity index (χ1v) is 7.27. The number of thioether (sulfide) groups is 1. The second-order valence-corrected chi connectivity index (χ2v) is 5.20. The van der Waals surface area contributed by atoms with Gasteiger partial charge >= 0.3 is 0 Å². The monoisotopic (exact) mass is 269 g/mol. The van der Waals surface area contributed by atoms with Crippen molar-refractivity contribution in [2.45, 2.75) is 37.3 Å². The molecule has 0 bridgehead atoms. The van der Waals surface area contributed by atoms with E-state index in [-0.39, 0.29) is 0 Å². The van der Waals surface area contributed by atoms with Crippen molar-refractivity contribution in [3.05, 3.63) is 6.33 Å². The molecule has 2 heterocycles. The summed E-state index contributed by atoms with van der Waals surface area (Å²) in [6.45, 7) is 3.54. The van der Waals surface area contributed by atoms with Crippen molar-refractivity contribution < 1.29 is 9.47 Å². The largest absolute Gasteiger partial charge is 0.476 e. The lowest BCUT2D eigenvalue weighted by molar-refractivity contribution is 0.129. The van der Waals surface area contributed by atoms with Gasteiger partial charge in [0.25, 0.3) is 0 Å². The Labute approximate surface area is 111 Å². The maximum absolute atomic E-state index is 6.00. The predicted octanol–water partition coefficient (Wildman–Crippen LogP) is 2.12. The van der Waals surface area contributed by atoms with Crippen LogP contribution in [0.25, 0.3) is 0 Å². The minimum Gasteiger partial charge on any atom is -0.476 e. The van der Waals surface area contributed by atoms with E-state index < -0.39 is 0 Å². The first kappa shape index (κ1) is 13.4. The topological polar surface area (TPSA) is 70.3 Å². The Bertz CT molecular complexity index is 384. The highest BCUT2D eigenvalue weighted by Gasteiger charge is 2.17. The first-order chi connectivity index (χ1) is 8.81. The second-order valence-electron chi connectivity index (χ2n) is 4.19. The summed E-state index contributed by atoms with van der Waals surface area (Å²) in [4.78, 5) is 8.25. The maximum atomic E-state index is 6.00. The summed E-state index contributed by atoms with van der Waals surface area (Å²) in [6.07, 6.45) is 5.03. The predicted molar refractivity (Wildman–Crippen MR) is 71.9 cm³/mol. The molecule has 0 spiro atoms. The average molecular weight is 269 g/mol. The van der Waals surface area contributed by atoms with Crippen LogP contribution in [0.4, 0.5) is 5.69 Å². The van der Waals surface area contributed by atoms with E-state index in [0.29, 0.717) is 24.3 Å². The van der Waals surface area contributed by atoms with Crippen molar-refractivity contribution in [2.75, 3.05) is 24.7 Å². The molecular weight excluding hydrogens is 250 g/mol. The fourth-order valence-electron chi connectivity index (χ4n) is 1.74. The molecule has 0 aromatic carbocycles. The minimum absolute atomic E-state index is 0.323. The Morgan fingerprint density at radius 2 is 2.44 bits per heavy atom. The Morgan fingerprint density at radius 1 is 1.56 bits per heavy atom. The summed E-state index contributed by atoms with van der Waals surface area (Å²) in [5, 5.41) is 0.784. The van der Waals surface area contributed by atoms with Crippen LogP contribution in [0.2, 0.25) is 0 Å². The third-order valence-corrected chi connectivity index (χ3v) is 3.82. The van der Waals surface area contributed by atoms with E-state index in [4.69, 9.17) is 15.2 Å². The molecule has 2 rings (SSSR count). The highest BCUT2D eigenvalue weighted by Crippen LogP contribution is 2.30. The minimum atomic E-state index is 0.323. The van der Waals surface area contributed by atoms with E-state index in [1.54, 1.807) is 11.8 Å². The molecule has 1 saturated heterocycles. The SMILES string of the molecule is CCCOc1ncnc(SCC2CCCO2)c1N. The lowest BCUT2D eigenvalue weighted by Crippen LogP contribution is -2.09. The van der Waals surface area contributed by atoms with Crippen LogP contribution in [-0.2, 0) is 4.74 Å². The Morgan fingerprint density at radius 3 is 3.17 bits per heavy atom. The normalized spacial score (nSPS) is 19.1. The highest BCUT2D eigenvalue weighted by atomic mass is 32.2. The third kappa shape index (κ3) is 3.49. The van der Waals surface area contributed by atoms with Gasteiger partial charge in [-0.2, -0.15) is 4.98 Å². The number of hydrogen-bond donors (Lipinski definition) is 1. The molecule has 0 amide bonds. The van der Waals surface area contributed by atoms with Gasteiger partial charge in [-0.15, -0.1) is 11.8 Å². The van der Waals surface area contributed by atoms with Crippen molar-refractivity contribution in [1.29, 1.82) is 0 Å². The van der Waals surface area contributed by atoms with Gasteiger partial charge in [-0.3, -0.25) is 0 Å². The van der Waals surface area contributed by atoms with Crippen molar-refractivity contribution in [3.8, 4) is 5.88 Å². The van der Waals surface area contributed by atoms with Crippen LogP contribution in [0.3, 0.4) is 0 Å². The molecule has 18 heavy (non-hydrogen) atoms. The lowest BCUT2D eigenvalue weighted by Gasteiger charge is -2.11. The van der Waals surface area contributed by atoms with Gasteiger partial charge in [0.05, 0.1) is 12.7 Å². The van der Waals surface area contributed by atoms with E-state index in [1.165, 1.54) is 6.33 Å². The highest BCUT2D eigenvalue weighted by molar-refractivity contribution is 7.99. The summed E-state index contributed by atoms with van der Waals surface area (Å²) >= 11 is 1.61. The van der Waals surface area contributed by atoms with Crippen LogP contribution in [0, 0.1) is 0 Å². The number of nitrogens with two attached hydrogens (primary N) is 1. The number of aromatic nitrogens is 2. The van der Waals surface area contributed by atoms with Crippen molar-refractivity contribution >= 4 is 17.4 Å². The number of nitrogens with zero attached hydrogens (tertiary/aromatic N) is 2. The molecule has 6 heteroatoms. The quantitative estimate of drug-likeness (QED) is 0.630. The number of rotatable bonds is 6. The van der Waals surface area contributed by atoms with Gasteiger partial charge in [-0.25, -0.2) is 4.98 Å². The van der Waals surface area contributed by atoms with E-state index in [0.717, 1.165) is 36.6 Å². The van der Waals surface area contributed by atoms with E-state index >= 15 is 0 Å². The van der Waals surface area contributed by atoms with E-state index in [9.17, 15) is 0 Å². The Balaban J connectivity index is 1.94. The van der Waals surface area contributed by atoms with Crippen LogP contribution < -0.4 is 10.5 Å². The zero-order chi connectivity index (χ0) is 12.8. The number of ether oxygens (including phenoxy) is 2.